The Morgan fingerprint density at radius 1 is 1.32 bits per heavy atom. The van der Waals surface area contributed by atoms with Crippen molar-refractivity contribution < 1.29 is 0 Å². The monoisotopic (exact) mass is 261 g/mol. The van der Waals surface area contributed by atoms with Gasteiger partial charge in [0.2, 0.25) is 0 Å². The summed E-state index contributed by atoms with van der Waals surface area (Å²) < 4.78 is 0. The van der Waals surface area contributed by atoms with Crippen LogP contribution >= 0.6 is 0 Å². The molecule has 1 heterocycles. The van der Waals surface area contributed by atoms with E-state index in [0.717, 1.165) is 23.8 Å². The highest BCUT2D eigenvalue weighted by Crippen LogP contribution is 2.27. The molecule has 0 atom stereocenters. The molecule has 1 aliphatic carbocycles. The average Bonchev–Trinajstić information content (AvgIpc) is 2.93. The van der Waals surface area contributed by atoms with Crippen LogP contribution in [-0.4, -0.2) is 17.6 Å². The summed E-state index contributed by atoms with van der Waals surface area (Å²) in [6, 6.07) is 4.94. The van der Waals surface area contributed by atoms with Crippen molar-refractivity contribution in [1.82, 2.24) is 4.98 Å². The van der Waals surface area contributed by atoms with Crippen LogP contribution in [0.15, 0.2) is 18.3 Å². The third-order valence-corrected chi connectivity index (χ3v) is 4.05. The molecule has 1 aromatic heterocycles. The van der Waals surface area contributed by atoms with Gasteiger partial charge in [0, 0.05) is 25.3 Å². The Balaban J connectivity index is 2.09. The second-order valence-corrected chi connectivity index (χ2v) is 6.04. The van der Waals surface area contributed by atoms with Gasteiger partial charge in [-0.15, -0.1) is 0 Å². The van der Waals surface area contributed by atoms with E-state index in [-0.39, 0.29) is 0 Å². The van der Waals surface area contributed by atoms with Crippen molar-refractivity contribution in [1.29, 1.82) is 0 Å². The molecule has 0 radical (unpaired) electrons. The first-order chi connectivity index (χ1) is 9.20. The van der Waals surface area contributed by atoms with E-state index in [0.29, 0.717) is 12.6 Å². The van der Waals surface area contributed by atoms with Crippen LogP contribution in [0.3, 0.4) is 0 Å². The van der Waals surface area contributed by atoms with Crippen LogP contribution in [0.25, 0.3) is 0 Å². The van der Waals surface area contributed by atoms with Crippen molar-refractivity contribution in [3.05, 3.63) is 23.9 Å². The summed E-state index contributed by atoms with van der Waals surface area (Å²) >= 11 is 0. The number of hydrogen-bond acceptors (Lipinski definition) is 3. The summed E-state index contributed by atoms with van der Waals surface area (Å²) in [5, 5.41) is 0. The van der Waals surface area contributed by atoms with Gasteiger partial charge in [-0.2, -0.15) is 0 Å². The third-order valence-electron chi connectivity index (χ3n) is 4.05. The molecule has 106 valence electrons. The Hall–Kier alpha value is -1.09. The van der Waals surface area contributed by atoms with E-state index in [4.69, 9.17) is 5.73 Å². The second-order valence-electron chi connectivity index (χ2n) is 6.04. The Morgan fingerprint density at radius 3 is 2.58 bits per heavy atom. The maximum atomic E-state index is 5.64. The van der Waals surface area contributed by atoms with Crippen LogP contribution in [0.5, 0.6) is 0 Å². The summed E-state index contributed by atoms with van der Waals surface area (Å²) in [5.41, 5.74) is 6.75. The van der Waals surface area contributed by atoms with Gasteiger partial charge in [0.15, 0.2) is 0 Å². The summed E-state index contributed by atoms with van der Waals surface area (Å²) in [6.07, 6.45) is 8.52. The number of rotatable bonds is 6. The molecule has 1 fully saturated rings. The normalized spacial score (nSPS) is 16.2. The number of hydrogen-bond donors (Lipinski definition) is 1. The highest BCUT2D eigenvalue weighted by molar-refractivity contribution is 5.41. The maximum Gasteiger partial charge on any atom is 0.128 e. The molecule has 1 aliphatic rings. The molecular weight excluding hydrogens is 234 g/mol. The third kappa shape index (κ3) is 3.93. The fourth-order valence-electron chi connectivity index (χ4n) is 2.80. The molecule has 0 amide bonds. The highest BCUT2D eigenvalue weighted by atomic mass is 15.2. The zero-order valence-corrected chi connectivity index (χ0v) is 12.3. The highest BCUT2D eigenvalue weighted by Gasteiger charge is 2.23. The lowest BCUT2D eigenvalue weighted by Crippen LogP contribution is -2.35. The molecule has 3 heteroatoms. The van der Waals surface area contributed by atoms with Gasteiger partial charge in [0.05, 0.1) is 0 Å². The number of nitrogens with zero attached hydrogens (tertiary/aromatic N) is 2. The summed E-state index contributed by atoms with van der Waals surface area (Å²) in [4.78, 5) is 7.14. The smallest absolute Gasteiger partial charge is 0.128 e. The average molecular weight is 261 g/mol. The molecule has 2 N–H and O–H groups in total. The fourth-order valence-corrected chi connectivity index (χ4v) is 2.80. The van der Waals surface area contributed by atoms with Crippen molar-refractivity contribution in [2.45, 2.75) is 58.5 Å². The molecule has 0 saturated heterocycles. The summed E-state index contributed by atoms with van der Waals surface area (Å²) in [6.45, 7) is 6.27. The maximum absolute atomic E-state index is 5.64. The van der Waals surface area contributed by atoms with Gasteiger partial charge in [0.1, 0.15) is 5.82 Å². The van der Waals surface area contributed by atoms with Crippen LogP contribution in [-0.2, 0) is 6.54 Å². The van der Waals surface area contributed by atoms with E-state index in [9.17, 15) is 0 Å². The van der Waals surface area contributed by atoms with E-state index in [1.807, 2.05) is 6.20 Å². The van der Waals surface area contributed by atoms with Gasteiger partial charge < -0.3 is 10.6 Å². The van der Waals surface area contributed by atoms with Crippen molar-refractivity contribution in [3.63, 3.8) is 0 Å². The number of anilines is 1. The van der Waals surface area contributed by atoms with Crippen LogP contribution < -0.4 is 10.6 Å². The van der Waals surface area contributed by atoms with Crippen molar-refractivity contribution in [3.8, 4) is 0 Å². The Kier molecular flexibility index (Phi) is 5.20. The van der Waals surface area contributed by atoms with E-state index < -0.39 is 0 Å². The lowest BCUT2D eigenvalue weighted by Gasteiger charge is -2.31. The Bertz CT molecular complexity index is 366. The van der Waals surface area contributed by atoms with E-state index >= 15 is 0 Å². The van der Waals surface area contributed by atoms with E-state index in [2.05, 4.69) is 35.9 Å². The minimum Gasteiger partial charge on any atom is -0.354 e. The molecule has 19 heavy (non-hydrogen) atoms. The predicted octanol–water partition coefficient (Wildman–Crippen LogP) is 3.34. The minimum atomic E-state index is 0.572. The second kappa shape index (κ2) is 6.90. The van der Waals surface area contributed by atoms with Gasteiger partial charge in [-0.05, 0) is 36.8 Å². The van der Waals surface area contributed by atoms with Crippen molar-refractivity contribution in [2.75, 3.05) is 11.4 Å². The van der Waals surface area contributed by atoms with E-state index in [1.54, 1.807) is 0 Å². The number of nitrogens with two attached hydrogens (primary N) is 1. The molecule has 0 unspecified atom stereocenters. The first kappa shape index (κ1) is 14.3. The molecular formula is C16H27N3. The molecule has 0 bridgehead atoms. The first-order valence-corrected chi connectivity index (χ1v) is 7.62. The largest absolute Gasteiger partial charge is 0.354 e. The Labute approximate surface area is 117 Å². The van der Waals surface area contributed by atoms with Gasteiger partial charge in [-0.25, -0.2) is 4.98 Å². The fraction of sp³-hybridized carbons (Fsp3) is 0.688. The predicted molar refractivity (Wildman–Crippen MR) is 81.2 cm³/mol. The summed E-state index contributed by atoms with van der Waals surface area (Å²) in [5.74, 6) is 1.87. The van der Waals surface area contributed by atoms with Gasteiger partial charge >= 0.3 is 0 Å². The van der Waals surface area contributed by atoms with Crippen molar-refractivity contribution in [2.24, 2.45) is 11.7 Å². The quantitative estimate of drug-likeness (QED) is 0.854. The first-order valence-electron chi connectivity index (χ1n) is 7.62. The van der Waals surface area contributed by atoms with Crippen LogP contribution in [0.4, 0.5) is 5.82 Å². The van der Waals surface area contributed by atoms with Crippen LogP contribution in [0.2, 0.25) is 0 Å². The molecule has 0 spiro atoms. The zero-order chi connectivity index (χ0) is 13.7. The number of aromatic nitrogens is 1. The zero-order valence-electron chi connectivity index (χ0n) is 12.3. The molecule has 0 aliphatic heterocycles. The molecule has 1 aromatic rings. The Morgan fingerprint density at radius 2 is 2.05 bits per heavy atom. The van der Waals surface area contributed by atoms with Crippen LogP contribution in [0.1, 0.15) is 51.5 Å². The summed E-state index contributed by atoms with van der Waals surface area (Å²) in [7, 11) is 0. The van der Waals surface area contributed by atoms with Crippen LogP contribution in [0, 0.1) is 5.92 Å². The molecule has 1 saturated carbocycles. The lowest BCUT2D eigenvalue weighted by atomic mass is 10.1. The minimum absolute atomic E-state index is 0.572. The molecule has 3 nitrogen and oxygen atoms in total. The molecule has 0 aromatic carbocycles. The topological polar surface area (TPSA) is 42.1 Å². The van der Waals surface area contributed by atoms with E-state index in [1.165, 1.54) is 32.1 Å². The van der Waals surface area contributed by atoms with Crippen molar-refractivity contribution >= 4 is 5.82 Å². The van der Waals surface area contributed by atoms with Gasteiger partial charge in [-0.1, -0.05) is 32.8 Å². The number of pyridine rings is 1. The lowest BCUT2D eigenvalue weighted by molar-refractivity contribution is 0.525. The standard InChI is InChI=1S/C16H27N3/c1-13(2)9-10-19(15-5-3-4-6-15)16-8-7-14(11-17)12-18-16/h7-8,12-13,15H,3-6,9-11,17H2,1-2H3. The van der Waals surface area contributed by atoms with Gasteiger partial charge in [0.25, 0.3) is 0 Å². The molecule has 2 rings (SSSR count). The van der Waals surface area contributed by atoms with Gasteiger partial charge in [-0.3, -0.25) is 0 Å². The SMILES string of the molecule is CC(C)CCN(c1ccc(CN)cn1)C1CCCC1.